The molecule has 2 heterocycles. The maximum absolute atomic E-state index is 12.8. The molecule has 0 atom stereocenters. The normalized spacial score (nSPS) is 12.3. The molecule has 1 aliphatic rings. The number of carbonyl (C=O) groups excluding carboxylic acids is 2. The number of rotatable bonds is 7. The SMILES string of the molecule is COc1ccccc1-n1c(-c2ccccc2)cnc1SCC(=O)Nc1ccc2c(c1)CCN2C(C)=O. The zero-order valence-corrected chi connectivity index (χ0v) is 20.9. The van der Waals surface area contributed by atoms with Gasteiger partial charge in [0.25, 0.3) is 0 Å². The van der Waals surface area contributed by atoms with Crippen LogP contribution in [-0.4, -0.2) is 40.8 Å². The van der Waals surface area contributed by atoms with E-state index in [1.807, 2.05) is 83.6 Å². The van der Waals surface area contributed by atoms with E-state index in [4.69, 9.17) is 4.74 Å². The lowest BCUT2D eigenvalue weighted by Gasteiger charge is -2.16. The summed E-state index contributed by atoms with van der Waals surface area (Å²) in [6, 6.07) is 23.5. The van der Waals surface area contributed by atoms with E-state index in [0.29, 0.717) is 11.7 Å². The van der Waals surface area contributed by atoms with Gasteiger partial charge in [0.1, 0.15) is 5.75 Å². The van der Waals surface area contributed by atoms with Crippen LogP contribution in [0.5, 0.6) is 5.75 Å². The molecule has 1 N–H and O–H groups in total. The molecule has 1 aliphatic heterocycles. The number of anilines is 2. The predicted molar refractivity (Wildman–Crippen MR) is 143 cm³/mol. The monoisotopic (exact) mass is 498 g/mol. The number of carbonyl (C=O) groups is 2. The lowest BCUT2D eigenvalue weighted by Crippen LogP contribution is -2.25. The first-order valence-corrected chi connectivity index (χ1v) is 12.6. The summed E-state index contributed by atoms with van der Waals surface area (Å²) in [6.45, 7) is 2.24. The Bertz CT molecular complexity index is 1420. The maximum atomic E-state index is 12.8. The molecule has 0 saturated carbocycles. The molecule has 36 heavy (non-hydrogen) atoms. The van der Waals surface area contributed by atoms with Gasteiger partial charge < -0.3 is 15.0 Å². The Morgan fingerprint density at radius 1 is 1.03 bits per heavy atom. The van der Waals surface area contributed by atoms with Crippen LogP contribution >= 0.6 is 11.8 Å². The van der Waals surface area contributed by atoms with Gasteiger partial charge in [0.2, 0.25) is 11.8 Å². The van der Waals surface area contributed by atoms with Gasteiger partial charge in [-0.05, 0) is 42.3 Å². The lowest BCUT2D eigenvalue weighted by atomic mass is 10.1. The first-order valence-electron chi connectivity index (χ1n) is 11.7. The highest BCUT2D eigenvalue weighted by Crippen LogP contribution is 2.34. The van der Waals surface area contributed by atoms with Crippen LogP contribution in [0.3, 0.4) is 0 Å². The van der Waals surface area contributed by atoms with Crippen LogP contribution in [0, 0.1) is 0 Å². The van der Waals surface area contributed by atoms with Gasteiger partial charge in [-0.15, -0.1) is 0 Å². The second-order valence-electron chi connectivity index (χ2n) is 8.40. The van der Waals surface area contributed by atoms with Crippen LogP contribution in [0.4, 0.5) is 11.4 Å². The van der Waals surface area contributed by atoms with Crippen molar-refractivity contribution in [1.82, 2.24) is 9.55 Å². The molecule has 182 valence electrons. The molecule has 3 aromatic carbocycles. The number of methoxy groups -OCH3 is 1. The fraction of sp³-hybridized carbons (Fsp3) is 0.179. The van der Waals surface area contributed by atoms with Crippen molar-refractivity contribution in [1.29, 1.82) is 0 Å². The number of nitrogens with zero attached hydrogens (tertiary/aromatic N) is 3. The molecule has 0 spiro atoms. The summed E-state index contributed by atoms with van der Waals surface area (Å²) in [7, 11) is 1.64. The van der Waals surface area contributed by atoms with Crippen molar-refractivity contribution >= 4 is 35.0 Å². The first-order chi connectivity index (χ1) is 17.5. The number of amides is 2. The molecule has 1 aromatic heterocycles. The zero-order chi connectivity index (χ0) is 25.1. The Hall–Kier alpha value is -4.04. The summed E-state index contributed by atoms with van der Waals surface area (Å²) >= 11 is 1.37. The molecule has 0 bridgehead atoms. The fourth-order valence-corrected chi connectivity index (χ4v) is 5.22. The molecular weight excluding hydrogens is 472 g/mol. The van der Waals surface area contributed by atoms with E-state index in [1.54, 1.807) is 18.9 Å². The van der Waals surface area contributed by atoms with Gasteiger partial charge in [-0.2, -0.15) is 0 Å². The second kappa shape index (κ2) is 10.3. The van der Waals surface area contributed by atoms with Gasteiger partial charge in [-0.3, -0.25) is 14.2 Å². The number of aromatic nitrogens is 2. The van der Waals surface area contributed by atoms with E-state index in [9.17, 15) is 9.59 Å². The fourth-order valence-electron chi connectivity index (χ4n) is 4.43. The van der Waals surface area contributed by atoms with Crippen LogP contribution in [0.15, 0.2) is 84.1 Å². The Labute approximate surface area is 214 Å². The second-order valence-corrected chi connectivity index (χ2v) is 9.34. The molecule has 4 aromatic rings. The van der Waals surface area contributed by atoms with Gasteiger partial charge in [0.05, 0.1) is 30.4 Å². The minimum Gasteiger partial charge on any atom is -0.495 e. The molecule has 2 amide bonds. The van der Waals surface area contributed by atoms with Crippen molar-refractivity contribution in [2.24, 2.45) is 0 Å². The summed E-state index contributed by atoms with van der Waals surface area (Å²) in [5.41, 5.74) is 5.49. The first kappa shape index (κ1) is 23.7. The van der Waals surface area contributed by atoms with Gasteiger partial charge in [-0.1, -0.05) is 54.2 Å². The molecule has 7 nitrogen and oxygen atoms in total. The maximum Gasteiger partial charge on any atom is 0.234 e. The predicted octanol–water partition coefficient (Wildman–Crippen LogP) is 5.19. The summed E-state index contributed by atoms with van der Waals surface area (Å²) in [5, 5.41) is 3.68. The largest absolute Gasteiger partial charge is 0.495 e. The van der Waals surface area contributed by atoms with E-state index in [2.05, 4.69) is 10.3 Å². The molecular formula is C28H26N4O3S. The van der Waals surface area contributed by atoms with E-state index < -0.39 is 0 Å². The van der Waals surface area contributed by atoms with Crippen molar-refractivity contribution in [2.75, 3.05) is 29.6 Å². The molecule has 8 heteroatoms. The van der Waals surface area contributed by atoms with Crippen molar-refractivity contribution < 1.29 is 14.3 Å². The Morgan fingerprint density at radius 3 is 2.58 bits per heavy atom. The third kappa shape index (κ3) is 4.72. The third-order valence-corrected chi connectivity index (χ3v) is 7.05. The van der Waals surface area contributed by atoms with Crippen LogP contribution < -0.4 is 15.0 Å². The van der Waals surface area contributed by atoms with E-state index in [-0.39, 0.29) is 17.6 Å². The number of thioether (sulfide) groups is 1. The number of hydrogen-bond acceptors (Lipinski definition) is 5. The van der Waals surface area contributed by atoms with Crippen LogP contribution in [0.25, 0.3) is 16.9 Å². The lowest BCUT2D eigenvalue weighted by molar-refractivity contribution is -0.116. The quantitative estimate of drug-likeness (QED) is 0.355. The molecule has 5 rings (SSSR count). The highest BCUT2D eigenvalue weighted by atomic mass is 32.2. The van der Waals surface area contributed by atoms with Crippen molar-refractivity contribution in [2.45, 2.75) is 18.5 Å². The van der Waals surface area contributed by atoms with Gasteiger partial charge in [0, 0.05) is 30.4 Å². The van der Waals surface area contributed by atoms with Crippen LogP contribution in [-0.2, 0) is 16.0 Å². The zero-order valence-electron chi connectivity index (χ0n) is 20.1. The average molecular weight is 499 g/mol. The Kier molecular flexibility index (Phi) is 6.77. The molecule has 0 aliphatic carbocycles. The van der Waals surface area contributed by atoms with E-state index in [1.165, 1.54) is 11.8 Å². The van der Waals surface area contributed by atoms with Crippen molar-refractivity contribution in [3.05, 3.63) is 84.6 Å². The van der Waals surface area contributed by atoms with Crippen LogP contribution in [0.1, 0.15) is 12.5 Å². The van der Waals surface area contributed by atoms with Gasteiger partial charge in [-0.25, -0.2) is 4.98 Å². The average Bonchev–Trinajstić information content (AvgIpc) is 3.52. The highest BCUT2D eigenvalue weighted by Gasteiger charge is 2.23. The van der Waals surface area contributed by atoms with Crippen LogP contribution in [0.2, 0.25) is 0 Å². The number of benzene rings is 3. The minimum absolute atomic E-state index is 0.0300. The Morgan fingerprint density at radius 2 is 1.81 bits per heavy atom. The number of imidazole rings is 1. The van der Waals surface area contributed by atoms with Crippen molar-refractivity contribution in [3.63, 3.8) is 0 Å². The smallest absolute Gasteiger partial charge is 0.234 e. The summed E-state index contributed by atoms with van der Waals surface area (Å²) in [5.74, 6) is 0.813. The number of fused-ring (bicyclic) bond motifs is 1. The number of nitrogens with one attached hydrogen (secondary N) is 1. The summed E-state index contributed by atoms with van der Waals surface area (Å²) in [4.78, 5) is 31.1. The minimum atomic E-state index is -0.128. The topological polar surface area (TPSA) is 76.5 Å². The highest BCUT2D eigenvalue weighted by molar-refractivity contribution is 7.99. The third-order valence-electron chi connectivity index (χ3n) is 6.10. The summed E-state index contributed by atoms with van der Waals surface area (Å²) in [6.07, 6.45) is 2.61. The molecule has 0 saturated heterocycles. The van der Waals surface area contributed by atoms with Crippen molar-refractivity contribution in [3.8, 4) is 22.7 Å². The van der Waals surface area contributed by atoms with Gasteiger partial charge >= 0.3 is 0 Å². The van der Waals surface area contributed by atoms with E-state index >= 15 is 0 Å². The van der Waals surface area contributed by atoms with Gasteiger partial charge in [0.15, 0.2) is 5.16 Å². The number of para-hydroxylation sites is 2. The van der Waals surface area contributed by atoms with E-state index in [0.717, 1.165) is 46.1 Å². The Balaban J connectivity index is 1.36. The standard InChI is InChI=1S/C28H26N4O3S/c1-19(33)31-15-14-21-16-22(12-13-23(21)31)30-27(34)18-36-28-29-17-25(20-8-4-3-5-9-20)32(28)24-10-6-7-11-26(24)35-2/h3-13,16-17H,14-15,18H2,1-2H3,(H,30,34). The number of hydrogen-bond donors (Lipinski definition) is 1. The molecule has 0 unspecified atom stereocenters. The molecule has 0 radical (unpaired) electrons. The summed E-state index contributed by atoms with van der Waals surface area (Å²) < 4.78 is 7.64. The number of ether oxygens (including phenoxy) is 1. The molecule has 0 fully saturated rings.